The van der Waals surface area contributed by atoms with E-state index in [1.165, 1.54) is 0 Å². The fraction of sp³-hybridized carbons (Fsp3) is 0.188. The molecule has 0 radical (unpaired) electrons. The molecule has 5 nitrogen and oxygen atoms in total. The second kappa shape index (κ2) is 5.63. The molecule has 0 saturated heterocycles. The molecule has 0 fully saturated rings. The van der Waals surface area contributed by atoms with Gasteiger partial charge in [0, 0.05) is 18.3 Å². The predicted octanol–water partition coefficient (Wildman–Crippen LogP) is 2.91. The number of fused-ring (bicyclic) bond motifs is 1. The molecule has 0 saturated carbocycles. The minimum absolute atomic E-state index is 0.269. The van der Waals surface area contributed by atoms with E-state index in [9.17, 15) is 0 Å². The average molecular weight is 282 g/mol. The van der Waals surface area contributed by atoms with Gasteiger partial charge in [-0.1, -0.05) is 6.07 Å². The third-order valence-electron chi connectivity index (χ3n) is 3.26. The normalized spacial score (nSPS) is 11.8. The third kappa shape index (κ3) is 2.70. The monoisotopic (exact) mass is 282 g/mol. The van der Waals surface area contributed by atoms with E-state index in [2.05, 4.69) is 11.4 Å². The van der Waals surface area contributed by atoms with Crippen molar-refractivity contribution in [1.82, 2.24) is 0 Å². The van der Waals surface area contributed by atoms with E-state index in [1.807, 2.05) is 30.3 Å². The summed E-state index contributed by atoms with van der Waals surface area (Å²) in [4.78, 5) is 0. The average Bonchev–Trinajstić information content (AvgIpc) is 3.00. The number of hydrogen-bond acceptors (Lipinski definition) is 5. The summed E-state index contributed by atoms with van der Waals surface area (Å²) in [5.74, 6) is 2.10. The minimum Gasteiger partial charge on any atom is -0.495 e. The van der Waals surface area contributed by atoms with Crippen LogP contribution < -0.4 is 19.5 Å². The summed E-state index contributed by atoms with van der Waals surface area (Å²) >= 11 is 0. The molecule has 1 aliphatic heterocycles. The van der Waals surface area contributed by atoms with Crippen LogP contribution in [0.4, 0.5) is 5.69 Å². The van der Waals surface area contributed by atoms with Gasteiger partial charge in [0.2, 0.25) is 6.79 Å². The van der Waals surface area contributed by atoms with Crippen LogP contribution >= 0.6 is 0 Å². The number of nitrogens with one attached hydrogen (secondary N) is 1. The Balaban J connectivity index is 1.72. The van der Waals surface area contributed by atoms with Crippen LogP contribution in [0.2, 0.25) is 0 Å². The smallest absolute Gasteiger partial charge is 0.231 e. The number of rotatable bonds is 4. The van der Waals surface area contributed by atoms with Crippen LogP contribution in [-0.2, 0) is 6.54 Å². The van der Waals surface area contributed by atoms with Crippen molar-refractivity contribution in [1.29, 1.82) is 5.26 Å². The molecule has 3 rings (SSSR count). The van der Waals surface area contributed by atoms with Crippen LogP contribution in [0.1, 0.15) is 11.1 Å². The number of nitriles is 1. The van der Waals surface area contributed by atoms with E-state index in [0.717, 1.165) is 22.7 Å². The van der Waals surface area contributed by atoms with E-state index in [0.29, 0.717) is 17.9 Å². The molecule has 1 heterocycles. The molecule has 2 aromatic rings. The summed E-state index contributed by atoms with van der Waals surface area (Å²) in [5, 5.41) is 12.3. The van der Waals surface area contributed by atoms with Gasteiger partial charge in [0.25, 0.3) is 0 Å². The van der Waals surface area contributed by atoms with E-state index in [4.69, 9.17) is 19.5 Å². The largest absolute Gasteiger partial charge is 0.495 e. The summed E-state index contributed by atoms with van der Waals surface area (Å²) in [7, 11) is 1.56. The lowest BCUT2D eigenvalue weighted by atomic mass is 10.1. The molecular weight excluding hydrogens is 268 g/mol. The van der Waals surface area contributed by atoms with Crippen LogP contribution in [0.5, 0.6) is 17.2 Å². The number of anilines is 1. The molecule has 0 atom stereocenters. The highest BCUT2D eigenvalue weighted by atomic mass is 16.7. The lowest BCUT2D eigenvalue weighted by Crippen LogP contribution is -2.00. The molecule has 0 bridgehead atoms. The third-order valence-corrected chi connectivity index (χ3v) is 3.26. The number of hydrogen-bond donors (Lipinski definition) is 1. The van der Waals surface area contributed by atoms with Crippen molar-refractivity contribution in [3.8, 4) is 23.3 Å². The number of ether oxygens (including phenoxy) is 3. The first-order chi connectivity index (χ1) is 10.3. The van der Waals surface area contributed by atoms with Gasteiger partial charge >= 0.3 is 0 Å². The zero-order valence-electron chi connectivity index (χ0n) is 11.6. The molecule has 0 aromatic heterocycles. The Morgan fingerprint density at radius 3 is 2.86 bits per heavy atom. The van der Waals surface area contributed by atoms with E-state index in [-0.39, 0.29) is 6.79 Å². The topological polar surface area (TPSA) is 63.5 Å². The maximum Gasteiger partial charge on any atom is 0.231 e. The summed E-state index contributed by atoms with van der Waals surface area (Å²) in [5.41, 5.74) is 2.51. The fourth-order valence-corrected chi connectivity index (χ4v) is 2.15. The molecule has 0 unspecified atom stereocenters. The van der Waals surface area contributed by atoms with Crippen LogP contribution in [0.15, 0.2) is 36.4 Å². The van der Waals surface area contributed by atoms with Crippen molar-refractivity contribution in [3.05, 3.63) is 47.5 Å². The summed E-state index contributed by atoms with van der Waals surface area (Å²) in [6, 6.07) is 13.3. The van der Waals surface area contributed by atoms with Crippen molar-refractivity contribution < 1.29 is 14.2 Å². The first-order valence-corrected chi connectivity index (χ1v) is 6.50. The Hall–Kier alpha value is -2.87. The van der Waals surface area contributed by atoms with Gasteiger partial charge in [-0.3, -0.25) is 0 Å². The lowest BCUT2D eigenvalue weighted by Gasteiger charge is -2.09. The summed E-state index contributed by atoms with van der Waals surface area (Å²) < 4.78 is 15.8. The van der Waals surface area contributed by atoms with Gasteiger partial charge in [-0.25, -0.2) is 0 Å². The van der Waals surface area contributed by atoms with Gasteiger partial charge < -0.3 is 19.5 Å². The first kappa shape index (κ1) is 13.1. The lowest BCUT2D eigenvalue weighted by molar-refractivity contribution is 0.174. The maximum absolute atomic E-state index is 8.97. The Labute approximate surface area is 122 Å². The predicted molar refractivity (Wildman–Crippen MR) is 77.6 cm³/mol. The van der Waals surface area contributed by atoms with E-state index < -0.39 is 0 Å². The molecule has 0 aliphatic carbocycles. The quantitative estimate of drug-likeness (QED) is 0.934. The minimum atomic E-state index is 0.269. The van der Waals surface area contributed by atoms with Gasteiger partial charge in [-0.15, -0.1) is 0 Å². The maximum atomic E-state index is 8.97. The van der Waals surface area contributed by atoms with Crippen LogP contribution in [0.3, 0.4) is 0 Å². The number of methoxy groups -OCH3 is 1. The highest BCUT2D eigenvalue weighted by Crippen LogP contribution is 2.34. The summed E-state index contributed by atoms with van der Waals surface area (Å²) in [6.45, 7) is 0.896. The molecule has 1 aliphatic rings. The SMILES string of the molecule is COc1cc(CNc2ccc3c(c2)OCO3)ccc1C#N. The van der Waals surface area contributed by atoms with Crippen LogP contribution in [-0.4, -0.2) is 13.9 Å². The van der Waals surface area contributed by atoms with Crippen molar-refractivity contribution in [3.63, 3.8) is 0 Å². The Bertz CT molecular complexity index is 707. The van der Waals surface area contributed by atoms with Crippen molar-refractivity contribution in [2.24, 2.45) is 0 Å². The molecule has 5 heteroatoms. The number of benzene rings is 2. The molecule has 21 heavy (non-hydrogen) atoms. The number of nitrogens with zero attached hydrogens (tertiary/aromatic N) is 1. The fourth-order valence-electron chi connectivity index (χ4n) is 2.15. The van der Waals surface area contributed by atoms with Crippen molar-refractivity contribution >= 4 is 5.69 Å². The molecule has 106 valence electrons. The highest BCUT2D eigenvalue weighted by molar-refractivity contribution is 5.56. The van der Waals surface area contributed by atoms with Gasteiger partial charge in [0.15, 0.2) is 11.5 Å². The summed E-state index contributed by atoms with van der Waals surface area (Å²) in [6.07, 6.45) is 0. The molecule has 0 amide bonds. The molecule has 0 spiro atoms. The zero-order chi connectivity index (χ0) is 14.7. The van der Waals surface area contributed by atoms with E-state index >= 15 is 0 Å². The van der Waals surface area contributed by atoms with Gasteiger partial charge in [-0.2, -0.15) is 5.26 Å². The van der Waals surface area contributed by atoms with Gasteiger partial charge in [0.1, 0.15) is 11.8 Å². The molecular formula is C16H14N2O3. The Morgan fingerprint density at radius 2 is 2.05 bits per heavy atom. The molecule has 2 aromatic carbocycles. The standard InChI is InChI=1S/C16H14N2O3/c1-19-15-6-11(2-3-12(15)8-17)9-18-13-4-5-14-16(7-13)21-10-20-14/h2-7,18H,9-10H2,1H3. The van der Waals surface area contributed by atoms with Gasteiger partial charge in [0.05, 0.1) is 12.7 Å². The second-order valence-electron chi connectivity index (χ2n) is 4.57. The zero-order valence-corrected chi connectivity index (χ0v) is 11.6. The molecule has 1 N–H and O–H groups in total. The Kier molecular flexibility index (Phi) is 3.52. The van der Waals surface area contributed by atoms with Crippen molar-refractivity contribution in [2.45, 2.75) is 6.54 Å². The second-order valence-corrected chi connectivity index (χ2v) is 4.57. The van der Waals surface area contributed by atoms with Crippen LogP contribution in [0.25, 0.3) is 0 Å². The Morgan fingerprint density at radius 1 is 1.19 bits per heavy atom. The van der Waals surface area contributed by atoms with Crippen molar-refractivity contribution in [2.75, 3.05) is 19.2 Å². The first-order valence-electron chi connectivity index (χ1n) is 6.50. The van der Waals surface area contributed by atoms with E-state index in [1.54, 1.807) is 13.2 Å². The van der Waals surface area contributed by atoms with Gasteiger partial charge in [-0.05, 0) is 29.8 Å². The van der Waals surface area contributed by atoms with Crippen LogP contribution in [0, 0.1) is 11.3 Å². The highest BCUT2D eigenvalue weighted by Gasteiger charge is 2.13.